The van der Waals surface area contributed by atoms with Crippen molar-refractivity contribution >= 4 is 15.9 Å². The summed E-state index contributed by atoms with van der Waals surface area (Å²) in [5.41, 5.74) is 0.805. The first-order valence-corrected chi connectivity index (χ1v) is 7.15. The first kappa shape index (κ1) is 15.5. The third-order valence-electron chi connectivity index (χ3n) is 2.73. The zero-order chi connectivity index (χ0) is 13.4. The second-order valence-electron chi connectivity index (χ2n) is 4.34. The number of unbranched alkanes of at least 4 members (excludes halogenated alkanes) is 3. The molecule has 1 aromatic carbocycles. The number of rotatable bonds is 8. The Morgan fingerprint density at radius 2 is 1.94 bits per heavy atom. The molecule has 0 aliphatic carbocycles. The van der Waals surface area contributed by atoms with E-state index in [1.54, 1.807) is 6.92 Å². The van der Waals surface area contributed by atoms with Crippen LogP contribution < -0.4 is 4.74 Å². The molecule has 102 valence electrons. The highest BCUT2D eigenvalue weighted by Crippen LogP contribution is 2.28. The summed E-state index contributed by atoms with van der Waals surface area (Å²) in [6.07, 6.45) is 3.38. The molecule has 0 saturated heterocycles. The molecule has 1 aromatic rings. The minimum absolute atomic E-state index is 0.264. The second-order valence-corrected chi connectivity index (χ2v) is 5.26. The van der Waals surface area contributed by atoms with Crippen LogP contribution in [0.25, 0.3) is 0 Å². The molecule has 18 heavy (non-hydrogen) atoms. The Hall–Kier alpha value is -0.580. The van der Waals surface area contributed by atoms with Gasteiger partial charge in [0.15, 0.2) is 0 Å². The molecule has 0 saturated carbocycles. The summed E-state index contributed by atoms with van der Waals surface area (Å²) < 4.78 is 6.63. The SMILES string of the molecule is CC(O)c1cc(Br)ccc1OCCCCCCO. The van der Waals surface area contributed by atoms with Gasteiger partial charge < -0.3 is 14.9 Å². The van der Waals surface area contributed by atoms with Crippen LogP contribution in [0, 0.1) is 0 Å². The molecule has 0 aliphatic heterocycles. The molecule has 0 fully saturated rings. The van der Waals surface area contributed by atoms with E-state index in [0.29, 0.717) is 6.61 Å². The van der Waals surface area contributed by atoms with E-state index in [4.69, 9.17) is 9.84 Å². The van der Waals surface area contributed by atoms with Gasteiger partial charge in [-0.1, -0.05) is 22.4 Å². The normalized spacial score (nSPS) is 12.4. The number of benzene rings is 1. The Morgan fingerprint density at radius 1 is 1.22 bits per heavy atom. The molecular weight excluding hydrogens is 296 g/mol. The van der Waals surface area contributed by atoms with Gasteiger partial charge in [-0.2, -0.15) is 0 Å². The predicted molar refractivity (Wildman–Crippen MR) is 75.8 cm³/mol. The van der Waals surface area contributed by atoms with Gasteiger partial charge in [0.1, 0.15) is 5.75 Å². The molecule has 1 rings (SSSR count). The zero-order valence-corrected chi connectivity index (χ0v) is 12.3. The molecule has 0 heterocycles. The van der Waals surface area contributed by atoms with Crippen molar-refractivity contribution in [1.82, 2.24) is 0 Å². The van der Waals surface area contributed by atoms with Crippen molar-refractivity contribution in [3.8, 4) is 5.75 Å². The average Bonchev–Trinajstić information content (AvgIpc) is 2.35. The Balaban J connectivity index is 2.42. The fraction of sp³-hybridized carbons (Fsp3) is 0.571. The van der Waals surface area contributed by atoms with Crippen LogP contribution in [0.15, 0.2) is 22.7 Å². The summed E-state index contributed by atoms with van der Waals surface area (Å²) >= 11 is 3.38. The number of ether oxygens (including phenoxy) is 1. The molecule has 0 bridgehead atoms. The highest BCUT2D eigenvalue weighted by molar-refractivity contribution is 9.10. The lowest BCUT2D eigenvalue weighted by atomic mass is 10.1. The summed E-state index contributed by atoms with van der Waals surface area (Å²) in [5, 5.41) is 18.3. The molecule has 1 atom stereocenters. The van der Waals surface area contributed by atoms with Gasteiger partial charge in [-0.15, -0.1) is 0 Å². The van der Waals surface area contributed by atoms with Gasteiger partial charge in [-0.05, 0) is 44.4 Å². The first-order chi connectivity index (χ1) is 8.65. The highest BCUT2D eigenvalue weighted by atomic mass is 79.9. The zero-order valence-electron chi connectivity index (χ0n) is 10.7. The van der Waals surface area contributed by atoms with Crippen LogP contribution in [0.4, 0.5) is 0 Å². The fourth-order valence-corrected chi connectivity index (χ4v) is 2.11. The minimum atomic E-state index is -0.535. The quantitative estimate of drug-likeness (QED) is 0.722. The van der Waals surface area contributed by atoms with Crippen LogP contribution in [0.3, 0.4) is 0 Å². The van der Waals surface area contributed by atoms with E-state index in [9.17, 15) is 5.11 Å². The van der Waals surface area contributed by atoms with E-state index in [1.165, 1.54) is 0 Å². The maximum atomic E-state index is 9.67. The van der Waals surface area contributed by atoms with Gasteiger partial charge in [0.2, 0.25) is 0 Å². The van der Waals surface area contributed by atoms with E-state index in [2.05, 4.69) is 15.9 Å². The second kappa shape index (κ2) is 8.51. The lowest BCUT2D eigenvalue weighted by Gasteiger charge is -2.13. The number of hydrogen-bond donors (Lipinski definition) is 2. The molecule has 2 N–H and O–H groups in total. The van der Waals surface area contributed by atoms with Gasteiger partial charge in [-0.25, -0.2) is 0 Å². The van der Waals surface area contributed by atoms with Crippen LogP contribution in [0.1, 0.15) is 44.3 Å². The first-order valence-electron chi connectivity index (χ1n) is 6.36. The Bertz CT molecular complexity index is 353. The van der Waals surface area contributed by atoms with Crippen LogP contribution in [-0.2, 0) is 0 Å². The number of hydrogen-bond acceptors (Lipinski definition) is 3. The van der Waals surface area contributed by atoms with Crippen LogP contribution in [0.5, 0.6) is 5.75 Å². The standard InChI is InChI=1S/C14H21BrO3/c1-11(17)13-10-12(15)6-7-14(13)18-9-5-3-2-4-8-16/h6-7,10-11,16-17H,2-5,8-9H2,1H3. The third kappa shape index (κ3) is 5.38. The summed E-state index contributed by atoms with van der Waals surface area (Å²) in [5.74, 6) is 0.746. The monoisotopic (exact) mass is 316 g/mol. The minimum Gasteiger partial charge on any atom is -0.493 e. The number of aliphatic hydroxyl groups is 2. The van der Waals surface area contributed by atoms with Crippen LogP contribution in [-0.4, -0.2) is 23.4 Å². The number of aliphatic hydroxyl groups excluding tert-OH is 2. The lowest BCUT2D eigenvalue weighted by molar-refractivity contribution is 0.190. The molecule has 0 aliphatic rings. The van der Waals surface area contributed by atoms with E-state index < -0.39 is 6.10 Å². The largest absolute Gasteiger partial charge is 0.493 e. The van der Waals surface area contributed by atoms with Crippen LogP contribution in [0.2, 0.25) is 0 Å². The van der Waals surface area contributed by atoms with Crippen molar-refractivity contribution in [3.05, 3.63) is 28.2 Å². The van der Waals surface area contributed by atoms with Crippen LogP contribution >= 0.6 is 15.9 Å². The van der Waals surface area contributed by atoms with Gasteiger partial charge >= 0.3 is 0 Å². The van der Waals surface area contributed by atoms with Crippen molar-refractivity contribution in [2.45, 2.75) is 38.7 Å². The third-order valence-corrected chi connectivity index (χ3v) is 3.23. The summed E-state index contributed by atoms with van der Waals surface area (Å²) in [4.78, 5) is 0. The van der Waals surface area contributed by atoms with Gasteiger partial charge in [0, 0.05) is 16.6 Å². The van der Waals surface area contributed by atoms with Crippen molar-refractivity contribution in [2.75, 3.05) is 13.2 Å². The number of halogens is 1. The van der Waals surface area contributed by atoms with E-state index in [0.717, 1.165) is 41.5 Å². The molecule has 1 unspecified atom stereocenters. The van der Waals surface area contributed by atoms with Gasteiger partial charge in [-0.3, -0.25) is 0 Å². The molecule has 0 aromatic heterocycles. The molecule has 0 radical (unpaired) electrons. The van der Waals surface area contributed by atoms with Gasteiger partial charge in [0.05, 0.1) is 12.7 Å². The summed E-state index contributed by atoms with van der Waals surface area (Å²) in [6, 6.07) is 5.67. The fourth-order valence-electron chi connectivity index (χ4n) is 1.73. The summed E-state index contributed by atoms with van der Waals surface area (Å²) in [7, 11) is 0. The van der Waals surface area contributed by atoms with E-state index in [1.807, 2.05) is 18.2 Å². The average molecular weight is 317 g/mol. The lowest BCUT2D eigenvalue weighted by Crippen LogP contribution is -2.02. The molecule has 0 amide bonds. The topological polar surface area (TPSA) is 49.7 Å². The molecule has 0 spiro atoms. The highest BCUT2D eigenvalue weighted by Gasteiger charge is 2.09. The van der Waals surface area contributed by atoms with E-state index >= 15 is 0 Å². The molecular formula is C14H21BrO3. The Morgan fingerprint density at radius 3 is 2.61 bits per heavy atom. The van der Waals surface area contributed by atoms with Crippen molar-refractivity contribution in [2.24, 2.45) is 0 Å². The van der Waals surface area contributed by atoms with Crippen molar-refractivity contribution < 1.29 is 14.9 Å². The van der Waals surface area contributed by atoms with Crippen molar-refractivity contribution in [1.29, 1.82) is 0 Å². The predicted octanol–water partition coefficient (Wildman–Crippen LogP) is 3.43. The van der Waals surface area contributed by atoms with E-state index in [-0.39, 0.29) is 6.61 Å². The Labute approximate surface area is 117 Å². The van der Waals surface area contributed by atoms with Crippen molar-refractivity contribution in [3.63, 3.8) is 0 Å². The maximum Gasteiger partial charge on any atom is 0.125 e. The molecule has 3 nitrogen and oxygen atoms in total. The Kier molecular flexibility index (Phi) is 7.32. The molecule has 4 heteroatoms. The smallest absolute Gasteiger partial charge is 0.125 e. The summed E-state index contributed by atoms with van der Waals surface area (Å²) in [6.45, 7) is 2.64. The maximum absolute atomic E-state index is 9.67. The van der Waals surface area contributed by atoms with Gasteiger partial charge in [0.25, 0.3) is 0 Å².